The van der Waals surface area contributed by atoms with Crippen molar-refractivity contribution in [2.75, 3.05) is 0 Å². The average Bonchev–Trinajstić information content (AvgIpc) is 2.72. The van der Waals surface area contributed by atoms with E-state index in [1.807, 2.05) is 30.1 Å². The average molecular weight is 308 g/mol. The standard InChI is InChI=1S/C14H18BrN3/c1-10-9-11(15)3-5-13(10)14(16)6-4-12-7-8-17-18(12)2/h3,5,7-9,14H,4,6,16H2,1-2H3. The topological polar surface area (TPSA) is 43.8 Å². The van der Waals surface area contributed by atoms with E-state index in [0.717, 1.165) is 17.3 Å². The molecule has 0 spiro atoms. The Morgan fingerprint density at radius 2 is 2.17 bits per heavy atom. The van der Waals surface area contributed by atoms with Crippen molar-refractivity contribution in [3.63, 3.8) is 0 Å². The number of hydrogen-bond acceptors (Lipinski definition) is 2. The van der Waals surface area contributed by atoms with Gasteiger partial charge in [-0.1, -0.05) is 22.0 Å². The first-order chi connectivity index (χ1) is 8.58. The van der Waals surface area contributed by atoms with Gasteiger partial charge in [-0.2, -0.15) is 5.10 Å². The van der Waals surface area contributed by atoms with Crippen molar-refractivity contribution in [1.29, 1.82) is 0 Å². The van der Waals surface area contributed by atoms with Gasteiger partial charge in [0.1, 0.15) is 0 Å². The molecule has 0 saturated heterocycles. The van der Waals surface area contributed by atoms with Crippen LogP contribution in [0, 0.1) is 6.92 Å². The molecule has 2 N–H and O–H groups in total. The lowest BCUT2D eigenvalue weighted by atomic mass is 9.98. The Balaban J connectivity index is 2.03. The fourth-order valence-electron chi connectivity index (χ4n) is 2.16. The zero-order chi connectivity index (χ0) is 13.1. The summed E-state index contributed by atoms with van der Waals surface area (Å²) in [6.45, 7) is 2.10. The summed E-state index contributed by atoms with van der Waals surface area (Å²) in [5.41, 5.74) is 9.95. The first kappa shape index (κ1) is 13.3. The van der Waals surface area contributed by atoms with Crippen LogP contribution in [0.5, 0.6) is 0 Å². The molecule has 0 aliphatic heterocycles. The minimum Gasteiger partial charge on any atom is -0.324 e. The number of aromatic nitrogens is 2. The van der Waals surface area contributed by atoms with Crippen molar-refractivity contribution in [3.05, 3.63) is 51.8 Å². The Morgan fingerprint density at radius 1 is 1.39 bits per heavy atom. The molecule has 1 aromatic carbocycles. The number of benzene rings is 1. The number of hydrogen-bond donors (Lipinski definition) is 1. The molecule has 0 bridgehead atoms. The summed E-state index contributed by atoms with van der Waals surface area (Å²) in [4.78, 5) is 0. The Hall–Kier alpha value is -1.13. The van der Waals surface area contributed by atoms with Gasteiger partial charge in [-0.05, 0) is 49.1 Å². The molecule has 1 atom stereocenters. The van der Waals surface area contributed by atoms with Gasteiger partial charge in [0.25, 0.3) is 0 Å². The molecule has 0 aliphatic rings. The van der Waals surface area contributed by atoms with Gasteiger partial charge in [-0.15, -0.1) is 0 Å². The van der Waals surface area contributed by atoms with Gasteiger partial charge in [0.05, 0.1) is 0 Å². The second kappa shape index (κ2) is 5.67. The van der Waals surface area contributed by atoms with Crippen LogP contribution < -0.4 is 5.73 Å². The number of nitrogens with two attached hydrogens (primary N) is 1. The molecule has 0 radical (unpaired) electrons. The maximum atomic E-state index is 6.27. The number of halogens is 1. The summed E-state index contributed by atoms with van der Waals surface area (Å²) in [5.74, 6) is 0. The molecule has 2 rings (SSSR count). The molecule has 96 valence electrons. The summed E-state index contributed by atoms with van der Waals surface area (Å²) >= 11 is 3.47. The maximum Gasteiger partial charge on any atom is 0.0492 e. The van der Waals surface area contributed by atoms with Crippen molar-refractivity contribution < 1.29 is 0 Å². The summed E-state index contributed by atoms with van der Waals surface area (Å²) < 4.78 is 3.00. The SMILES string of the molecule is Cc1cc(Br)ccc1C(N)CCc1ccnn1C. The molecular weight excluding hydrogens is 290 g/mol. The lowest BCUT2D eigenvalue weighted by molar-refractivity contribution is 0.611. The van der Waals surface area contributed by atoms with Crippen molar-refractivity contribution in [1.82, 2.24) is 9.78 Å². The van der Waals surface area contributed by atoms with Gasteiger partial charge in [-0.25, -0.2) is 0 Å². The van der Waals surface area contributed by atoms with E-state index < -0.39 is 0 Å². The van der Waals surface area contributed by atoms with E-state index in [1.54, 1.807) is 0 Å². The first-order valence-electron chi connectivity index (χ1n) is 6.06. The van der Waals surface area contributed by atoms with E-state index in [0.29, 0.717) is 0 Å². The van der Waals surface area contributed by atoms with Crippen LogP contribution in [0.15, 0.2) is 34.9 Å². The molecule has 1 aromatic heterocycles. The zero-order valence-corrected chi connectivity index (χ0v) is 12.3. The summed E-state index contributed by atoms with van der Waals surface area (Å²) in [6, 6.07) is 8.38. The number of rotatable bonds is 4. The monoisotopic (exact) mass is 307 g/mol. The fraction of sp³-hybridized carbons (Fsp3) is 0.357. The molecule has 4 heteroatoms. The number of aryl methyl sites for hydroxylation is 3. The fourth-order valence-corrected chi connectivity index (χ4v) is 2.64. The predicted octanol–water partition coefficient (Wildman–Crippen LogP) is 3.12. The molecular formula is C14H18BrN3. The highest BCUT2D eigenvalue weighted by Gasteiger charge is 2.10. The predicted molar refractivity (Wildman–Crippen MR) is 77.3 cm³/mol. The van der Waals surface area contributed by atoms with Crippen molar-refractivity contribution >= 4 is 15.9 Å². The summed E-state index contributed by atoms with van der Waals surface area (Å²) in [5, 5.41) is 4.17. The van der Waals surface area contributed by atoms with Crippen LogP contribution in [0.4, 0.5) is 0 Å². The minimum atomic E-state index is 0.0769. The van der Waals surface area contributed by atoms with E-state index in [9.17, 15) is 0 Å². The van der Waals surface area contributed by atoms with Gasteiger partial charge in [0.2, 0.25) is 0 Å². The molecule has 3 nitrogen and oxygen atoms in total. The Morgan fingerprint density at radius 3 is 2.78 bits per heavy atom. The third-order valence-corrected chi connectivity index (χ3v) is 3.76. The van der Waals surface area contributed by atoms with Gasteiger partial charge >= 0.3 is 0 Å². The molecule has 0 saturated carbocycles. The van der Waals surface area contributed by atoms with Crippen LogP contribution in [-0.4, -0.2) is 9.78 Å². The van der Waals surface area contributed by atoms with Gasteiger partial charge in [-0.3, -0.25) is 4.68 Å². The second-order valence-electron chi connectivity index (χ2n) is 4.59. The Kier molecular flexibility index (Phi) is 4.19. The Labute approximate surface area is 116 Å². The minimum absolute atomic E-state index is 0.0769. The van der Waals surface area contributed by atoms with Gasteiger partial charge in [0.15, 0.2) is 0 Å². The third-order valence-electron chi connectivity index (χ3n) is 3.27. The quantitative estimate of drug-likeness (QED) is 0.943. The highest BCUT2D eigenvalue weighted by atomic mass is 79.9. The number of nitrogens with zero attached hydrogens (tertiary/aromatic N) is 2. The van der Waals surface area contributed by atoms with Crippen molar-refractivity contribution in [2.45, 2.75) is 25.8 Å². The lowest BCUT2D eigenvalue weighted by Gasteiger charge is -2.15. The maximum absolute atomic E-state index is 6.27. The van der Waals surface area contributed by atoms with E-state index >= 15 is 0 Å². The largest absolute Gasteiger partial charge is 0.324 e. The van der Waals surface area contributed by atoms with Crippen LogP contribution in [0.1, 0.15) is 29.3 Å². The Bertz CT molecular complexity index is 534. The molecule has 18 heavy (non-hydrogen) atoms. The normalized spacial score (nSPS) is 12.7. The molecule has 0 amide bonds. The van der Waals surface area contributed by atoms with Crippen molar-refractivity contribution in [2.24, 2.45) is 12.8 Å². The van der Waals surface area contributed by atoms with Crippen LogP contribution in [0.3, 0.4) is 0 Å². The summed E-state index contributed by atoms with van der Waals surface area (Å²) in [6.07, 6.45) is 3.71. The first-order valence-corrected chi connectivity index (χ1v) is 6.85. The smallest absolute Gasteiger partial charge is 0.0492 e. The van der Waals surface area contributed by atoms with E-state index in [2.05, 4.69) is 40.1 Å². The lowest BCUT2D eigenvalue weighted by Crippen LogP contribution is -2.13. The van der Waals surface area contributed by atoms with E-state index in [1.165, 1.54) is 16.8 Å². The summed E-state index contributed by atoms with van der Waals surface area (Å²) in [7, 11) is 1.96. The van der Waals surface area contributed by atoms with Crippen LogP contribution in [-0.2, 0) is 13.5 Å². The second-order valence-corrected chi connectivity index (χ2v) is 5.51. The van der Waals surface area contributed by atoms with E-state index in [4.69, 9.17) is 5.73 Å². The van der Waals surface area contributed by atoms with Crippen LogP contribution in [0.2, 0.25) is 0 Å². The molecule has 1 heterocycles. The van der Waals surface area contributed by atoms with Gasteiger partial charge < -0.3 is 5.73 Å². The molecule has 0 fully saturated rings. The molecule has 1 unspecified atom stereocenters. The molecule has 2 aromatic rings. The zero-order valence-electron chi connectivity index (χ0n) is 10.7. The van der Waals surface area contributed by atoms with Crippen molar-refractivity contribution in [3.8, 4) is 0 Å². The van der Waals surface area contributed by atoms with E-state index in [-0.39, 0.29) is 6.04 Å². The van der Waals surface area contributed by atoms with Crippen LogP contribution in [0.25, 0.3) is 0 Å². The highest BCUT2D eigenvalue weighted by Crippen LogP contribution is 2.23. The highest BCUT2D eigenvalue weighted by molar-refractivity contribution is 9.10. The van der Waals surface area contributed by atoms with Gasteiger partial charge in [0, 0.05) is 29.5 Å². The molecule has 0 aliphatic carbocycles. The third kappa shape index (κ3) is 3.00. The van der Waals surface area contributed by atoms with Crippen LogP contribution >= 0.6 is 15.9 Å².